The third-order valence-electron chi connectivity index (χ3n) is 9.44. The van der Waals surface area contributed by atoms with Gasteiger partial charge in [-0.05, 0) is 81.8 Å². The van der Waals surface area contributed by atoms with Crippen LogP contribution in [0, 0.1) is 17.1 Å². The molecule has 0 radical (unpaired) electrons. The molecule has 1 aromatic heterocycles. The highest BCUT2D eigenvalue weighted by Gasteiger charge is 2.34. The molecule has 2 atom stereocenters. The van der Waals surface area contributed by atoms with E-state index in [9.17, 15) is 10.1 Å². The van der Waals surface area contributed by atoms with Gasteiger partial charge in [-0.25, -0.2) is 4.39 Å². The molecule has 2 saturated heterocycles. The minimum absolute atomic E-state index is 0.159. The molecule has 4 heterocycles. The Morgan fingerprint density at radius 2 is 1.95 bits per heavy atom. The fraction of sp³-hybridized carbons (Fsp3) is 0.562. The number of benzene rings is 1. The summed E-state index contributed by atoms with van der Waals surface area (Å²) in [7, 11) is 2.12. The van der Waals surface area contributed by atoms with E-state index in [0.717, 1.165) is 73.4 Å². The van der Waals surface area contributed by atoms with E-state index in [-0.39, 0.29) is 24.2 Å². The van der Waals surface area contributed by atoms with Crippen molar-refractivity contribution in [1.29, 1.82) is 5.26 Å². The third-order valence-corrected chi connectivity index (χ3v) is 9.44. The first kappa shape index (κ1) is 28.4. The largest absolute Gasteiger partial charge is 0.462 e. The van der Waals surface area contributed by atoms with Crippen LogP contribution >= 0.6 is 0 Å². The van der Waals surface area contributed by atoms with Crippen molar-refractivity contribution in [2.75, 3.05) is 56.2 Å². The first-order valence-corrected chi connectivity index (χ1v) is 15.3. The number of carbonyl (C=O) groups excluding carboxylic acids is 1. The number of likely N-dealkylation sites (tertiary alicyclic amines) is 1. The molecule has 0 spiro atoms. The van der Waals surface area contributed by atoms with Crippen molar-refractivity contribution in [1.82, 2.24) is 19.8 Å². The molecule has 0 bridgehead atoms. The van der Waals surface area contributed by atoms with Crippen LogP contribution < -0.4 is 14.5 Å². The lowest BCUT2D eigenvalue weighted by atomic mass is 9.89. The number of anilines is 2. The maximum atomic E-state index is 15.4. The Labute approximate surface area is 247 Å². The van der Waals surface area contributed by atoms with Crippen molar-refractivity contribution in [3.63, 3.8) is 0 Å². The first-order valence-electron chi connectivity index (χ1n) is 15.3. The average molecular weight is 574 g/mol. The molecule has 0 N–H and O–H groups in total. The maximum absolute atomic E-state index is 15.4. The third kappa shape index (κ3) is 5.54. The number of nitrogens with zero attached hydrogens (tertiary/aromatic N) is 7. The van der Waals surface area contributed by atoms with E-state index in [1.807, 2.05) is 6.07 Å². The summed E-state index contributed by atoms with van der Waals surface area (Å²) < 4.78 is 21.6. The lowest BCUT2D eigenvalue weighted by Gasteiger charge is -2.42. The molecule has 1 amide bonds. The summed E-state index contributed by atoms with van der Waals surface area (Å²) in [5.74, 6) is 0.475. The minimum atomic E-state index is -0.263. The fourth-order valence-electron chi connectivity index (χ4n) is 7.12. The van der Waals surface area contributed by atoms with Crippen LogP contribution in [-0.4, -0.2) is 84.1 Å². The summed E-state index contributed by atoms with van der Waals surface area (Å²) in [5, 5.41) is 9.50. The maximum Gasteiger partial charge on any atom is 0.318 e. The Balaban J connectivity index is 1.33. The van der Waals surface area contributed by atoms with E-state index in [1.165, 1.54) is 11.6 Å². The molecule has 0 unspecified atom stereocenters. The highest BCUT2D eigenvalue weighted by atomic mass is 19.1. The number of hydrogen-bond acceptors (Lipinski definition) is 8. The summed E-state index contributed by atoms with van der Waals surface area (Å²) >= 11 is 0. The number of halogens is 1. The van der Waals surface area contributed by atoms with Crippen LogP contribution in [-0.2, 0) is 30.6 Å². The van der Waals surface area contributed by atoms with Crippen molar-refractivity contribution in [2.24, 2.45) is 0 Å². The smallest absolute Gasteiger partial charge is 0.318 e. The van der Waals surface area contributed by atoms with Gasteiger partial charge in [-0.2, -0.15) is 15.2 Å². The molecule has 10 heteroatoms. The molecule has 6 rings (SSSR count). The molecular formula is C32H40FN7O2. The number of ether oxygens (including phenoxy) is 1. The van der Waals surface area contributed by atoms with Crippen LogP contribution in [0.3, 0.4) is 0 Å². The fourth-order valence-corrected chi connectivity index (χ4v) is 7.12. The number of carbonyl (C=O) groups is 1. The SMILES string of the molecule is C=CC(=O)N1CCN(c2nc(OC[C@@H]3CCCN3C)nc3c2CCN(c2c(F)ccc4c2CCCC4)C3)C[C@@H]1CC#N. The van der Waals surface area contributed by atoms with Crippen LogP contribution in [0.5, 0.6) is 6.01 Å². The molecule has 9 nitrogen and oxygen atoms in total. The van der Waals surface area contributed by atoms with Gasteiger partial charge in [0, 0.05) is 37.8 Å². The molecule has 0 saturated carbocycles. The average Bonchev–Trinajstić information content (AvgIpc) is 3.43. The number of piperazine rings is 1. The summed E-state index contributed by atoms with van der Waals surface area (Å²) in [6.45, 7) is 7.91. The molecule has 222 valence electrons. The Hall–Kier alpha value is -3.71. The van der Waals surface area contributed by atoms with Gasteiger partial charge in [-0.15, -0.1) is 0 Å². The van der Waals surface area contributed by atoms with Crippen LogP contribution in [0.1, 0.15) is 54.5 Å². The number of hydrogen-bond donors (Lipinski definition) is 0. The Morgan fingerprint density at radius 3 is 2.74 bits per heavy atom. The normalized spacial score (nSPS) is 22.4. The summed E-state index contributed by atoms with van der Waals surface area (Å²) in [4.78, 5) is 30.7. The van der Waals surface area contributed by atoms with Gasteiger partial charge < -0.3 is 24.3 Å². The first-order chi connectivity index (χ1) is 20.5. The molecule has 4 aliphatic rings. The van der Waals surface area contributed by atoms with Crippen LogP contribution in [0.2, 0.25) is 0 Å². The molecule has 1 aromatic carbocycles. The van der Waals surface area contributed by atoms with Crippen molar-refractivity contribution >= 4 is 17.4 Å². The van der Waals surface area contributed by atoms with Crippen molar-refractivity contribution in [3.8, 4) is 12.1 Å². The van der Waals surface area contributed by atoms with Crippen LogP contribution in [0.25, 0.3) is 0 Å². The highest BCUT2D eigenvalue weighted by molar-refractivity contribution is 5.87. The van der Waals surface area contributed by atoms with Crippen molar-refractivity contribution < 1.29 is 13.9 Å². The van der Waals surface area contributed by atoms with Gasteiger partial charge in [0.2, 0.25) is 5.91 Å². The van der Waals surface area contributed by atoms with Gasteiger partial charge in [-0.3, -0.25) is 4.79 Å². The van der Waals surface area contributed by atoms with Gasteiger partial charge in [0.1, 0.15) is 18.2 Å². The van der Waals surface area contributed by atoms with Gasteiger partial charge in [0.25, 0.3) is 0 Å². The topological polar surface area (TPSA) is 88.8 Å². The minimum Gasteiger partial charge on any atom is -0.462 e. The Bertz CT molecular complexity index is 1390. The number of fused-ring (bicyclic) bond motifs is 2. The number of nitriles is 1. The van der Waals surface area contributed by atoms with E-state index < -0.39 is 0 Å². The zero-order valence-corrected chi connectivity index (χ0v) is 24.5. The second kappa shape index (κ2) is 12.3. The molecule has 1 aliphatic carbocycles. The van der Waals surface area contributed by atoms with Gasteiger partial charge in [0.05, 0.1) is 36.5 Å². The number of rotatable bonds is 7. The predicted molar refractivity (Wildman–Crippen MR) is 159 cm³/mol. The zero-order valence-electron chi connectivity index (χ0n) is 24.5. The summed E-state index contributed by atoms with van der Waals surface area (Å²) in [6.07, 6.45) is 8.57. The Morgan fingerprint density at radius 1 is 1.10 bits per heavy atom. The zero-order chi connectivity index (χ0) is 29.2. The van der Waals surface area contributed by atoms with E-state index in [0.29, 0.717) is 57.8 Å². The molecular weight excluding hydrogens is 533 g/mol. The number of aromatic nitrogens is 2. The van der Waals surface area contributed by atoms with E-state index in [4.69, 9.17) is 14.7 Å². The van der Waals surface area contributed by atoms with E-state index in [1.54, 1.807) is 11.0 Å². The number of amides is 1. The van der Waals surface area contributed by atoms with Gasteiger partial charge in [0.15, 0.2) is 0 Å². The Kier molecular flexibility index (Phi) is 8.29. The van der Waals surface area contributed by atoms with Crippen LogP contribution in [0.4, 0.5) is 15.9 Å². The standard InChI is InChI=1S/C32H40FN7O2/c1-3-29(41)40-18-17-39(19-23(40)12-14-34)31-26-13-16-38(30-25-9-5-4-7-22(25)10-11-27(30)33)20-28(26)35-32(36-31)42-21-24-8-6-15-37(24)2/h3,10-11,23-24H,1,4-9,12-13,15-21H2,2H3/t23-,24-/m0/s1. The highest BCUT2D eigenvalue weighted by Crippen LogP contribution is 2.37. The molecule has 3 aliphatic heterocycles. The quantitative estimate of drug-likeness (QED) is 0.464. The lowest BCUT2D eigenvalue weighted by molar-refractivity contribution is -0.128. The second-order valence-electron chi connectivity index (χ2n) is 12.0. The van der Waals surface area contributed by atoms with E-state index in [2.05, 4.69) is 34.4 Å². The predicted octanol–water partition coefficient (Wildman–Crippen LogP) is 3.65. The van der Waals surface area contributed by atoms with Crippen molar-refractivity contribution in [3.05, 3.63) is 53.0 Å². The summed E-state index contributed by atoms with van der Waals surface area (Å²) in [5.41, 5.74) is 5.02. The monoisotopic (exact) mass is 573 g/mol. The van der Waals surface area contributed by atoms with Gasteiger partial charge in [-0.1, -0.05) is 12.6 Å². The summed E-state index contributed by atoms with van der Waals surface area (Å²) in [6, 6.07) is 6.21. The van der Waals surface area contributed by atoms with Crippen LogP contribution in [0.15, 0.2) is 24.8 Å². The van der Waals surface area contributed by atoms with Gasteiger partial charge >= 0.3 is 6.01 Å². The van der Waals surface area contributed by atoms with Crippen molar-refractivity contribution in [2.45, 2.75) is 70.0 Å². The molecule has 2 aromatic rings. The second-order valence-corrected chi connectivity index (χ2v) is 12.0. The molecule has 42 heavy (non-hydrogen) atoms. The lowest BCUT2D eigenvalue weighted by Crippen LogP contribution is -2.55. The number of aryl methyl sites for hydroxylation is 1. The van der Waals surface area contributed by atoms with E-state index >= 15 is 4.39 Å². The molecule has 2 fully saturated rings. The number of likely N-dealkylation sites (N-methyl/N-ethyl adjacent to an activating group) is 1.